The molecule has 20 heavy (non-hydrogen) atoms. The molecular formula is C15H14Cl3NO. The Morgan fingerprint density at radius 2 is 1.65 bits per heavy atom. The summed E-state index contributed by atoms with van der Waals surface area (Å²) in [6.07, 6.45) is 0. The average molecular weight is 331 g/mol. The normalized spacial score (nSPS) is 12.1. The Morgan fingerprint density at radius 1 is 0.950 bits per heavy atom. The molecule has 0 fully saturated rings. The van der Waals surface area contributed by atoms with Gasteiger partial charge in [0.15, 0.2) is 0 Å². The third-order valence-corrected chi connectivity index (χ3v) is 4.06. The molecule has 0 saturated heterocycles. The Morgan fingerprint density at radius 3 is 2.30 bits per heavy atom. The van der Waals surface area contributed by atoms with Crippen LogP contribution in [-0.2, 0) is 0 Å². The first-order chi connectivity index (χ1) is 9.51. The van der Waals surface area contributed by atoms with E-state index < -0.39 is 0 Å². The summed E-state index contributed by atoms with van der Waals surface area (Å²) in [5.74, 6) is 0.748. The van der Waals surface area contributed by atoms with Crippen molar-refractivity contribution in [1.82, 2.24) is 0 Å². The predicted octanol–water partition coefficient (Wildman–Crippen LogP) is 5.83. The Bertz CT molecular complexity index is 616. The quantitative estimate of drug-likeness (QED) is 0.761. The van der Waals surface area contributed by atoms with Gasteiger partial charge in [0, 0.05) is 12.1 Å². The molecule has 1 unspecified atom stereocenters. The van der Waals surface area contributed by atoms with Crippen molar-refractivity contribution >= 4 is 40.5 Å². The molecule has 2 rings (SSSR count). The van der Waals surface area contributed by atoms with Crippen LogP contribution in [0.4, 0.5) is 5.69 Å². The molecule has 0 aromatic heterocycles. The molecule has 106 valence electrons. The summed E-state index contributed by atoms with van der Waals surface area (Å²) in [4.78, 5) is 0. The van der Waals surface area contributed by atoms with E-state index in [1.54, 1.807) is 19.2 Å². The van der Waals surface area contributed by atoms with Crippen LogP contribution in [0, 0.1) is 0 Å². The van der Waals surface area contributed by atoms with Gasteiger partial charge >= 0.3 is 0 Å². The highest BCUT2D eigenvalue weighted by Crippen LogP contribution is 2.31. The van der Waals surface area contributed by atoms with E-state index in [2.05, 4.69) is 5.32 Å². The van der Waals surface area contributed by atoms with Crippen LogP contribution >= 0.6 is 34.8 Å². The number of anilines is 1. The second kappa shape index (κ2) is 6.57. The second-order valence-electron chi connectivity index (χ2n) is 4.39. The monoisotopic (exact) mass is 329 g/mol. The Hall–Kier alpha value is -1.09. The van der Waals surface area contributed by atoms with Gasteiger partial charge in [0.2, 0.25) is 0 Å². The van der Waals surface area contributed by atoms with E-state index >= 15 is 0 Å². The summed E-state index contributed by atoms with van der Waals surface area (Å²) in [6.45, 7) is 2.02. The highest BCUT2D eigenvalue weighted by atomic mass is 35.5. The predicted molar refractivity (Wildman–Crippen MR) is 86.5 cm³/mol. The van der Waals surface area contributed by atoms with E-state index in [-0.39, 0.29) is 6.04 Å². The van der Waals surface area contributed by atoms with Crippen molar-refractivity contribution in [2.24, 2.45) is 0 Å². The SMILES string of the molecule is COc1ccc(Cl)c(NC(C)c2ccc(Cl)c(Cl)c2)c1. The van der Waals surface area contributed by atoms with Crippen LogP contribution in [0.5, 0.6) is 5.75 Å². The molecular weight excluding hydrogens is 317 g/mol. The lowest BCUT2D eigenvalue weighted by Crippen LogP contribution is -2.07. The van der Waals surface area contributed by atoms with Crippen LogP contribution in [-0.4, -0.2) is 7.11 Å². The first kappa shape index (κ1) is 15.3. The summed E-state index contributed by atoms with van der Waals surface area (Å²) >= 11 is 18.1. The van der Waals surface area contributed by atoms with Crippen molar-refractivity contribution in [3.8, 4) is 5.75 Å². The first-order valence-electron chi connectivity index (χ1n) is 6.06. The van der Waals surface area contributed by atoms with Crippen molar-refractivity contribution in [3.05, 3.63) is 57.0 Å². The molecule has 2 aromatic carbocycles. The highest BCUT2D eigenvalue weighted by Gasteiger charge is 2.10. The van der Waals surface area contributed by atoms with Gasteiger partial charge < -0.3 is 10.1 Å². The van der Waals surface area contributed by atoms with Crippen molar-refractivity contribution in [1.29, 1.82) is 0 Å². The van der Waals surface area contributed by atoms with E-state index in [0.717, 1.165) is 17.0 Å². The molecule has 0 radical (unpaired) electrons. The van der Waals surface area contributed by atoms with Gasteiger partial charge in [0.1, 0.15) is 5.75 Å². The van der Waals surface area contributed by atoms with E-state index in [4.69, 9.17) is 39.5 Å². The molecule has 2 nitrogen and oxygen atoms in total. The van der Waals surface area contributed by atoms with Crippen molar-refractivity contribution in [2.75, 3.05) is 12.4 Å². The number of hydrogen-bond acceptors (Lipinski definition) is 2. The van der Waals surface area contributed by atoms with Crippen LogP contribution in [0.15, 0.2) is 36.4 Å². The minimum absolute atomic E-state index is 0.0365. The molecule has 0 aliphatic heterocycles. The highest BCUT2D eigenvalue weighted by molar-refractivity contribution is 6.42. The van der Waals surface area contributed by atoms with Gasteiger partial charge in [0.25, 0.3) is 0 Å². The van der Waals surface area contributed by atoms with Crippen LogP contribution in [0.3, 0.4) is 0 Å². The summed E-state index contributed by atoms with van der Waals surface area (Å²) in [5, 5.41) is 5.05. The van der Waals surface area contributed by atoms with Crippen LogP contribution in [0.25, 0.3) is 0 Å². The van der Waals surface area contributed by atoms with Gasteiger partial charge in [0.05, 0.1) is 27.9 Å². The van der Waals surface area contributed by atoms with Gasteiger partial charge in [-0.2, -0.15) is 0 Å². The molecule has 2 aromatic rings. The number of benzene rings is 2. The Balaban J connectivity index is 2.22. The Kier molecular flexibility index (Phi) is 5.03. The topological polar surface area (TPSA) is 21.3 Å². The van der Waals surface area contributed by atoms with Crippen molar-refractivity contribution < 1.29 is 4.74 Å². The maximum atomic E-state index is 6.18. The van der Waals surface area contributed by atoms with Crippen LogP contribution in [0.1, 0.15) is 18.5 Å². The molecule has 0 bridgehead atoms. The third kappa shape index (κ3) is 3.51. The molecule has 0 aliphatic carbocycles. The average Bonchev–Trinajstić information content (AvgIpc) is 2.44. The lowest BCUT2D eigenvalue weighted by Gasteiger charge is -2.18. The lowest BCUT2D eigenvalue weighted by atomic mass is 10.1. The number of hydrogen-bond donors (Lipinski definition) is 1. The number of halogens is 3. The zero-order chi connectivity index (χ0) is 14.7. The lowest BCUT2D eigenvalue weighted by molar-refractivity contribution is 0.415. The van der Waals surface area contributed by atoms with Crippen molar-refractivity contribution in [2.45, 2.75) is 13.0 Å². The molecule has 0 saturated carbocycles. The summed E-state index contributed by atoms with van der Waals surface area (Å²) < 4.78 is 5.19. The number of methoxy groups -OCH3 is 1. The van der Waals surface area contributed by atoms with Gasteiger partial charge in [-0.05, 0) is 36.8 Å². The zero-order valence-electron chi connectivity index (χ0n) is 11.1. The van der Waals surface area contributed by atoms with Crippen molar-refractivity contribution in [3.63, 3.8) is 0 Å². The Labute approximate surface area is 133 Å². The molecule has 0 heterocycles. The van der Waals surface area contributed by atoms with Gasteiger partial charge in [-0.15, -0.1) is 0 Å². The summed E-state index contributed by atoms with van der Waals surface area (Å²) in [7, 11) is 1.62. The maximum absolute atomic E-state index is 6.18. The number of ether oxygens (including phenoxy) is 1. The van der Waals surface area contributed by atoms with Gasteiger partial charge in [-0.3, -0.25) is 0 Å². The van der Waals surface area contributed by atoms with Crippen LogP contribution < -0.4 is 10.1 Å². The van der Waals surface area contributed by atoms with E-state index in [9.17, 15) is 0 Å². The molecule has 1 atom stereocenters. The first-order valence-corrected chi connectivity index (χ1v) is 7.19. The standard InChI is InChI=1S/C15H14Cl3NO/c1-9(10-3-5-12(16)14(18)7-10)19-15-8-11(20-2)4-6-13(15)17/h3-9,19H,1-2H3. The largest absolute Gasteiger partial charge is 0.497 e. The number of nitrogens with one attached hydrogen (secondary N) is 1. The molecule has 0 spiro atoms. The minimum atomic E-state index is 0.0365. The van der Waals surface area contributed by atoms with Gasteiger partial charge in [-0.25, -0.2) is 0 Å². The smallest absolute Gasteiger partial charge is 0.121 e. The van der Waals surface area contributed by atoms with E-state index in [1.165, 1.54) is 0 Å². The fraction of sp³-hybridized carbons (Fsp3) is 0.200. The molecule has 5 heteroatoms. The fourth-order valence-corrected chi connectivity index (χ4v) is 2.32. The number of rotatable bonds is 4. The summed E-state index contributed by atoms with van der Waals surface area (Å²) in [6, 6.07) is 11.1. The van der Waals surface area contributed by atoms with E-state index in [0.29, 0.717) is 15.1 Å². The second-order valence-corrected chi connectivity index (χ2v) is 5.61. The fourth-order valence-electron chi connectivity index (χ4n) is 1.84. The van der Waals surface area contributed by atoms with E-state index in [1.807, 2.05) is 31.2 Å². The van der Waals surface area contributed by atoms with Gasteiger partial charge in [-0.1, -0.05) is 40.9 Å². The maximum Gasteiger partial charge on any atom is 0.121 e. The molecule has 1 N–H and O–H groups in total. The molecule has 0 amide bonds. The molecule has 0 aliphatic rings. The van der Waals surface area contributed by atoms with Crippen LogP contribution in [0.2, 0.25) is 15.1 Å². The minimum Gasteiger partial charge on any atom is -0.497 e. The summed E-state index contributed by atoms with van der Waals surface area (Å²) in [5.41, 5.74) is 1.84. The zero-order valence-corrected chi connectivity index (χ0v) is 13.4. The third-order valence-electron chi connectivity index (χ3n) is 2.99.